The summed E-state index contributed by atoms with van der Waals surface area (Å²) in [4.78, 5) is 15.1. The van der Waals surface area contributed by atoms with Gasteiger partial charge in [-0.2, -0.15) is 0 Å². The van der Waals surface area contributed by atoms with Gasteiger partial charge in [0.15, 0.2) is 0 Å². The summed E-state index contributed by atoms with van der Waals surface area (Å²) in [5.74, 6) is -0.0596. The van der Waals surface area contributed by atoms with Crippen LogP contribution in [0.4, 0.5) is 5.69 Å². The van der Waals surface area contributed by atoms with Crippen LogP contribution < -0.4 is 11.1 Å². The van der Waals surface area contributed by atoms with E-state index < -0.39 is 0 Å². The minimum absolute atomic E-state index is 0.0596. The minimum Gasteiger partial charge on any atom is -0.463 e. The molecular weight excluding hydrogens is 230 g/mol. The largest absolute Gasteiger partial charge is 0.463 e. The van der Waals surface area contributed by atoms with Gasteiger partial charge in [0.1, 0.15) is 6.61 Å². The predicted octanol–water partition coefficient (Wildman–Crippen LogP) is 1.29. The molecule has 0 aliphatic carbocycles. The zero-order valence-electron chi connectivity index (χ0n) is 10.3. The third-order valence-electron chi connectivity index (χ3n) is 2.77. The average Bonchev–Trinajstić information content (AvgIpc) is 2.74. The van der Waals surface area contributed by atoms with E-state index >= 15 is 0 Å². The molecule has 3 N–H and O–H groups in total. The highest BCUT2D eigenvalue weighted by atomic mass is 16.5. The number of nitrogens with zero attached hydrogens (tertiary/aromatic N) is 1. The molecule has 0 spiro atoms. The Hall–Kier alpha value is -2.04. The van der Waals surface area contributed by atoms with Gasteiger partial charge in [-0.1, -0.05) is 12.1 Å². The average molecular weight is 247 g/mol. The van der Waals surface area contributed by atoms with E-state index in [-0.39, 0.29) is 11.9 Å². The lowest BCUT2D eigenvalue weighted by Gasteiger charge is -2.06. The Morgan fingerprint density at radius 1 is 1.50 bits per heavy atom. The maximum absolute atomic E-state index is 10.9. The quantitative estimate of drug-likeness (QED) is 0.841. The molecule has 0 saturated heterocycles. The van der Waals surface area contributed by atoms with Gasteiger partial charge >= 0.3 is 0 Å². The lowest BCUT2D eigenvalue weighted by molar-refractivity contribution is -0.114. The number of aliphatic imine (C=N–C) groups is 1. The lowest BCUT2D eigenvalue weighted by Crippen LogP contribution is -2.10. The maximum atomic E-state index is 10.9. The van der Waals surface area contributed by atoms with Crippen LogP contribution >= 0.6 is 0 Å². The molecule has 1 aliphatic heterocycles. The van der Waals surface area contributed by atoms with Crippen LogP contribution in [0.3, 0.4) is 0 Å². The van der Waals surface area contributed by atoms with Crippen LogP contribution in [0.25, 0.3) is 0 Å². The van der Waals surface area contributed by atoms with Gasteiger partial charge in [-0.05, 0) is 30.5 Å². The monoisotopic (exact) mass is 247 g/mol. The summed E-state index contributed by atoms with van der Waals surface area (Å²) < 4.78 is 5.10. The molecule has 1 amide bonds. The number of anilines is 1. The van der Waals surface area contributed by atoms with E-state index in [0.29, 0.717) is 12.6 Å². The van der Waals surface area contributed by atoms with Gasteiger partial charge in [0.05, 0.1) is 6.04 Å². The van der Waals surface area contributed by atoms with Gasteiger partial charge < -0.3 is 15.8 Å². The van der Waals surface area contributed by atoms with Crippen LogP contribution in [-0.4, -0.2) is 24.6 Å². The Balaban J connectivity index is 1.85. The lowest BCUT2D eigenvalue weighted by atomic mass is 10.1. The molecule has 0 aromatic heterocycles. The molecule has 0 saturated carbocycles. The van der Waals surface area contributed by atoms with Crippen molar-refractivity contribution in [1.82, 2.24) is 0 Å². The van der Waals surface area contributed by atoms with Crippen molar-refractivity contribution in [2.45, 2.75) is 25.8 Å². The summed E-state index contributed by atoms with van der Waals surface area (Å²) >= 11 is 0. The molecule has 0 bridgehead atoms. The SMILES string of the molecule is CC(=O)Nc1ccc(CCC2COC(N)=N2)cc1. The van der Waals surface area contributed by atoms with Gasteiger partial charge in [-0.3, -0.25) is 4.79 Å². The molecule has 1 aromatic rings. The molecule has 5 heteroatoms. The molecule has 1 heterocycles. The number of carbonyl (C=O) groups excluding carboxylic acids is 1. The predicted molar refractivity (Wildman–Crippen MR) is 70.4 cm³/mol. The standard InChI is InChI=1S/C13H17N3O2/c1-9(17)15-11-5-2-10(3-6-11)4-7-12-8-18-13(14)16-12/h2-3,5-6,12H,4,7-8H2,1H3,(H2,14,16)(H,15,17). The summed E-state index contributed by atoms with van der Waals surface area (Å²) in [6, 6.07) is 8.28. The number of carbonyl (C=O) groups is 1. The Bertz CT molecular complexity index is 454. The van der Waals surface area contributed by atoms with Crippen molar-refractivity contribution >= 4 is 17.6 Å². The summed E-state index contributed by atoms with van der Waals surface area (Å²) in [5, 5.41) is 2.74. The van der Waals surface area contributed by atoms with Crippen molar-refractivity contribution < 1.29 is 9.53 Å². The minimum atomic E-state index is -0.0596. The van der Waals surface area contributed by atoms with Crippen LogP contribution in [0.15, 0.2) is 29.3 Å². The summed E-state index contributed by atoms with van der Waals surface area (Å²) in [5.41, 5.74) is 7.48. The number of rotatable bonds is 4. The highest BCUT2D eigenvalue weighted by molar-refractivity contribution is 5.88. The second-order valence-electron chi connectivity index (χ2n) is 4.35. The third kappa shape index (κ3) is 3.48. The van der Waals surface area contributed by atoms with Crippen molar-refractivity contribution in [3.05, 3.63) is 29.8 Å². The highest BCUT2D eigenvalue weighted by Gasteiger charge is 2.15. The van der Waals surface area contributed by atoms with E-state index in [1.807, 2.05) is 24.3 Å². The van der Waals surface area contributed by atoms with Crippen molar-refractivity contribution in [2.75, 3.05) is 11.9 Å². The van der Waals surface area contributed by atoms with E-state index in [1.54, 1.807) is 0 Å². The van der Waals surface area contributed by atoms with E-state index in [9.17, 15) is 4.79 Å². The zero-order valence-corrected chi connectivity index (χ0v) is 10.3. The Kier molecular flexibility index (Phi) is 3.82. The molecule has 0 fully saturated rings. The first-order chi connectivity index (χ1) is 8.63. The molecule has 0 radical (unpaired) electrons. The summed E-state index contributed by atoms with van der Waals surface area (Å²) in [6.07, 6.45) is 1.84. The van der Waals surface area contributed by atoms with E-state index in [0.717, 1.165) is 18.5 Å². The molecule has 18 heavy (non-hydrogen) atoms. The second kappa shape index (κ2) is 5.53. The van der Waals surface area contributed by atoms with Crippen molar-refractivity contribution in [1.29, 1.82) is 0 Å². The summed E-state index contributed by atoms with van der Waals surface area (Å²) in [7, 11) is 0. The molecule has 96 valence electrons. The topological polar surface area (TPSA) is 76.7 Å². The number of amidine groups is 1. The first kappa shape index (κ1) is 12.4. The number of ether oxygens (including phenoxy) is 1. The second-order valence-corrected chi connectivity index (χ2v) is 4.35. The number of nitrogens with two attached hydrogens (primary N) is 1. The Morgan fingerprint density at radius 2 is 2.22 bits per heavy atom. The van der Waals surface area contributed by atoms with Crippen molar-refractivity contribution in [2.24, 2.45) is 10.7 Å². The molecule has 2 rings (SSSR count). The zero-order chi connectivity index (χ0) is 13.0. The number of amides is 1. The number of benzene rings is 1. The van der Waals surface area contributed by atoms with E-state index in [1.165, 1.54) is 12.5 Å². The molecule has 1 unspecified atom stereocenters. The first-order valence-electron chi connectivity index (χ1n) is 5.96. The fourth-order valence-corrected chi connectivity index (χ4v) is 1.88. The number of hydrogen-bond donors (Lipinski definition) is 2. The van der Waals surface area contributed by atoms with Crippen LogP contribution in [0, 0.1) is 0 Å². The molecule has 1 aromatic carbocycles. The molecule has 5 nitrogen and oxygen atoms in total. The Labute approximate surface area is 106 Å². The van der Waals surface area contributed by atoms with Gasteiger partial charge in [0.2, 0.25) is 5.91 Å². The normalized spacial score (nSPS) is 18.1. The fourth-order valence-electron chi connectivity index (χ4n) is 1.88. The van der Waals surface area contributed by atoms with Gasteiger partial charge in [0.25, 0.3) is 6.02 Å². The van der Waals surface area contributed by atoms with Crippen molar-refractivity contribution in [3.63, 3.8) is 0 Å². The van der Waals surface area contributed by atoms with Crippen LogP contribution in [0.5, 0.6) is 0 Å². The fraction of sp³-hybridized carbons (Fsp3) is 0.385. The van der Waals surface area contributed by atoms with Gasteiger partial charge in [-0.25, -0.2) is 4.99 Å². The van der Waals surface area contributed by atoms with E-state index in [4.69, 9.17) is 10.5 Å². The maximum Gasteiger partial charge on any atom is 0.282 e. The first-order valence-corrected chi connectivity index (χ1v) is 5.96. The van der Waals surface area contributed by atoms with E-state index in [2.05, 4.69) is 10.3 Å². The van der Waals surface area contributed by atoms with Crippen LogP contribution in [0.2, 0.25) is 0 Å². The number of aryl methyl sites for hydroxylation is 1. The third-order valence-corrected chi connectivity index (χ3v) is 2.77. The molecule has 1 aliphatic rings. The number of hydrogen-bond acceptors (Lipinski definition) is 4. The number of nitrogens with one attached hydrogen (secondary N) is 1. The van der Waals surface area contributed by atoms with Crippen LogP contribution in [0.1, 0.15) is 18.9 Å². The van der Waals surface area contributed by atoms with Gasteiger partial charge in [-0.15, -0.1) is 0 Å². The molecular formula is C13H17N3O2. The Morgan fingerprint density at radius 3 is 2.78 bits per heavy atom. The smallest absolute Gasteiger partial charge is 0.282 e. The highest BCUT2D eigenvalue weighted by Crippen LogP contribution is 2.14. The van der Waals surface area contributed by atoms with Crippen molar-refractivity contribution in [3.8, 4) is 0 Å². The van der Waals surface area contributed by atoms with Gasteiger partial charge in [0, 0.05) is 12.6 Å². The van der Waals surface area contributed by atoms with Crippen LogP contribution in [-0.2, 0) is 16.0 Å². The molecule has 1 atom stereocenters. The summed E-state index contributed by atoms with van der Waals surface area (Å²) in [6.45, 7) is 2.08.